The van der Waals surface area contributed by atoms with Crippen LogP contribution in [0.25, 0.3) is 0 Å². The average Bonchev–Trinajstić information content (AvgIpc) is 2.67. The lowest BCUT2D eigenvalue weighted by Gasteiger charge is -2.31. The number of halogens is 1. The lowest BCUT2D eigenvalue weighted by molar-refractivity contribution is 0.0220. The molecule has 1 aliphatic heterocycles. The fourth-order valence-electron chi connectivity index (χ4n) is 2.70. The summed E-state index contributed by atoms with van der Waals surface area (Å²) in [6.07, 6.45) is 0. The summed E-state index contributed by atoms with van der Waals surface area (Å²) in [5.74, 6) is 0.853. The van der Waals surface area contributed by atoms with Crippen molar-refractivity contribution in [2.24, 2.45) is 4.99 Å². The topological polar surface area (TPSA) is 58.1 Å². The van der Waals surface area contributed by atoms with Gasteiger partial charge in [-0.3, -0.25) is 9.89 Å². The Bertz CT molecular complexity index is 496. The molecule has 2 N–H and O–H groups in total. The van der Waals surface area contributed by atoms with Crippen LogP contribution in [0.15, 0.2) is 35.3 Å². The van der Waals surface area contributed by atoms with Crippen LogP contribution < -0.4 is 10.6 Å². The minimum absolute atomic E-state index is 0. The van der Waals surface area contributed by atoms with Crippen molar-refractivity contribution in [1.29, 1.82) is 0 Å². The van der Waals surface area contributed by atoms with Crippen LogP contribution in [-0.4, -0.2) is 69.4 Å². The Morgan fingerprint density at radius 2 is 1.96 bits per heavy atom. The summed E-state index contributed by atoms with van der Waals surface area (Å²) in [4.78, 5) is 7.13. The van der Waals surface area contributed by atoms with Crippen LogP contribution in [0.3, 0.4) is 0 Å². The van der Waals surface area contributed by atoms with Gasteiger partial charge in [0.15, 0.2) is 5.96 Å². The second-order valence-corrected chi connectivity index (χ2v) is 6.18. The normalized spacial score (nSPS) is 16.6. The van der Waals surface area contributed by atoms with Crippen LogP contribution in [0.2, 0.25) is 0 Å². The fraction of sp³-hybridized carbons (Fsp3) is 0.632. The van der Waals surface area contributed by atoms with Gasteiger partial charge in [0.05, 0.1) is 33.0 Å². The van der Waals surface area contributed by atoms with Crippen LogP contribution in [0.4, 0.5) is 0 Å². The predicted octanol–water partition coefficient (Wildman–Crippen LogP) is 2.10. The third kappa shape index (κ3) is 9.16. The Morgan fingerprint density at radius 1 is 1.23 bits per heavy atom. The molecule has 1 aromatic carbocycles. The Labute approximate surface area is 174 Å². The van der Waals surface area contributed by atoms with Crippen LogP contribution in [0.5, 0.6) is 0 Å². The van der Waals surface area contributed by atoms with Crippen molar-refractivity contribution in [2.75, 3.05) is 52.5 Å². The number of morpholine rings is 1. The molecule has 1 fully saturated rings. The molecule has 26 heavy (non-hydrogen) atoms. The summed E-state index contributed by atoms with van der Waals surface area (Å²) in [5.41, 5.74) is 1.20. The van der Waals surface area contributed by atoms with E-state index in [-0.39, 0.29) is 24.0 Å². The van der Waals surface area contributed by atoms with E-state index in [1.807, 2.05) is 18.2 Å². The number of nitrogens with zero attached hydrogens (tertiary/aromatic N) is 2. The molecule has 0 bridgehead atoms. The molecule has 6 nitrogen and oxygen atoms in total. The van der Waals surface area contributed by atoms with Crippen LogP contribution in [-0.2, 0) is 16.1 Å². The predicted molar refractivity (Wildman–Crippen MR) is 117 cm³/mol. The van der Waals surface area contributed by atoms with E-state index in [1.54, 1.807) is 0 Å². The molecule has 0 amide bonds. The maximum absolute atomic E-state index is 5.70. The fourth-order valence-corrected chi connectivity index (χ4v) is 2.70. The third-order valence-corrected chi connectivity index (χ3v) is 4.18. The number of hydrogen-bond acceptors (Lipinski definition) is 4. The maximum Gasteiger partial charge on any atom is 0.191 e. The molecule has 0 radical (unpaired) electrons. The molecule has 0 spiro atoms. The van der Waals surface area contributed by atoms with Crippen molar-refractivity contribution < 1.29 is 9.47 Å². The van der Waals surface area contributed by atoms with Crippen LogP contribution in [0, 0.1) is 0 Å². The van der Waals surface area contributed by atoms with Gasteiger partial charge in [-0.25, -0.2) is 0 Å². The highest BCUT2D eigenvalue weighted by Crippen LogP contribution is 2.03. The minimum Gasteiger partial charge on any atom is -0.379 e. The second-order valence-electron chi connectivity index (χ2n) is 6.18. The highest BCUT2D eigenvalue weighted by atomic mass is 127. The molecular weight excluding hydrogens is 443 g/mol. The molecule has 2 rings (SSSR count). The van der Waals surface area contributed by atoms with E-state index in [2.05, 4.69) is 41.5 Å². The van der Waals surface area contributed by atoms with Gasteiger partial charge in [-0.15, -0.1) is 24.0 Å². The maximum atomic E-state index is 5.70. The number of hydrogen-bond donors (Lipinski definition) is 2. The standard InChI is InChI=1S/C19H32N4O2.HI/c1-3-20-19(22-15-17(2)23-10-13-24-14-11-23)21-9-12-25-16-18-7-5-4-6-8-18;/h4-8,17H,3,9-16H2,1-2H3,(H2,20,21,22);1H. The lowest BCUT2D eigenvalue weighted by atomic mass is 10.2. The summed E-state index contributed by atoms with van der Waals surface area (Å²) < 4.78 is 11.1. The Morgan fingerprint density at radius 3 is 2.65 bits per heavy atom. The monoisotopic (exact) mass is 476 g/mol. The van der Waals surface area contributed by atoms with Gasteiger partial charge in [0.1, 0.15) is 0 Å². The molecule has 0 aliphatic carbocycles. The highest BCUT2D eigenvalue weighted by Gasteiger charge is 2.16. The van der Waals surface area contributed by atoms with Gasteiger partial charge >= 0.3 is 0 Å². The number of rotatable bonds is 9. The number of ether oxygens (including phenoxy) is 2. The van der Waals surface area contributed by atoms with Gasteiger partial charge in [0.2, 0.25) is 0 Å². The van der Waals surface area contributed by atoms with E-state index in [0.717, 1.165) is 51.9 Å². The van der Waals surface area contributed by atoms with E-state index in [9.17, 15) is 0 Å². The number of guanidine groups is 1. The first-order chi connectivity index (χ1) is 12.3. The van der Waals surface area contributed by atoms with E-state index in [0.29, 0.717) is 19.3 Å². The minimum atomic E-state index is 0. The van der Waals surface area contributed by atoms with Gasteiger partial charge in [-0.2, -0.15) is 0 Å². The Kier molecular flexibility index (Phi) is 12.6. The highest BCUT2D eigenvalue weighted by molar-refractivity contribution is 14.0. The molecular formula is C19H33IN4O2. The van der Waals surface area contributed by atoms with Gasteiger partial charge in [-0.1, -0.05) is 30.3 Å². The molecule has 1 aromatic rings. The average molecular weight is 476 g/mol. The first-order valence-electron chi connectivity index (χ1n) is 9.25. The summed E-state index contributed by atoms with van der Waals surface area (Å²) in [5, 5.41) is 6.63. The second kappa shape index (κ2) is 14.2. The SMILES string of the molecule is CCNC(=NCC(C)N1CCOCC1)NCCOCc1ccccc1.I. The van der Waals surface area contributed by atoms with Crippen molar-refractivity contribution in [2.45, 2.75) is 26.5 Å². The number of aliphatic imine (C=N–C) groups is 1. The molecule has 1 unspecified atom stereocenters. The number of benzene rings is 1. The van der Waals surface area contributed by atoms with Crippen LogP contribution in [0.1, 0.15) is 19.4 Å². The van der Waals surface area contributed by atoms with Gasteiger partial charge in [-0.05, 0) is 19.4 Å². The van der Waals surface area contributed by atoms with E-state index in [1.165, 1.54) is 5.56 Å². The molecule has 1 atom stereocenters. The van der Waals surface area contributed by atoms with E-state index in [4.69, 9.17) is 14.5 Å². The first kappa shape index (κ1) is 23.1. The third-order valence-electron chi connectivity index (χ3n) is 4.18. The van der Waals surface area contributed by atoms with Crippen molar-refractivity contribution in [1.82, 2.24) is 15.5 Å². The summed E-state index contributed by atoms with van der Waals surface area (Å²) in [7, 11) is 0. The summed E-state index contributed by atoms with van der Waals surface area (Å²) in [6.45, 7) is 11.6. The van der Waals surface area contributed by atoms with Gasteiger partial charge in [0.25, 0.3) is 0 Å². The van der Waals surface area contributed by atoms with Crippen molar-refractivity contribution in [3.63, 3.8) is 0 Å². The first-order valence-corrected chi connectivity index (χ1v) is 9.25. The molecule has 7 heteroatoms. The van der Waals surface area contributed by atoms with Crippen molar-refractivity contribution in [3.8, 4) is 0 Å². The van der Waals surface area contributed by atoms with Gasteiger partial charge in [0, 0.05) is 32.2 Å². The molecule has 148 valence electrons. The zero-order chi connectivity index (χ0) is 17.7. The Balaban J connectivity index is 0.00000338. The molecule has 1 saturated heterocycles. The Hall–Kier alpha value is -0.900. The van der Waals surface area contributed by atoms with Crippen molar-refractivity contribution >= 4 is 29.9 Å². The summed E-state index contributed by atoms with van der Waals surface area (Å²) in [6, 6.07) is 10.7. The molecule has 0 saturated carbocycles. The summed E-state index contributed by atoms with van der Waals surface area (Å²) >= 11 is 0. The smallest absolute Gasteiger partial charge is 0.191 e. The van der Waals surface area contributed by atoms with Crippen molar-refractivity contribution in [3.05, 3.63) is 35.9 Å². The molecule has 0 aromatic heterocycles. The quantitative estimate of drug-likeness (QED) is 0.248. The lowest BCUT2D eigenvalue weighted by Crippen LogP contribution is -2.44. The number of nitrogens with one attached hydrogen (secondary N) is 2. The van der Waals surface area contributed by atoms with Crippen LogP contribution >= 0.6 is 24.0 Å². The zero-order valence-corrected chi connectivity index (χ0v) is 18.3. The van der Waals surface area contributed by atoms with Gasteiger partial charge < -0.3 is 20.1 Å². The zero-order valence-electron chi connectivity index (χ0n) is 15.9. The molecule has 1 heterocycles. The largest absolute Gasteiger partial charge is 0.379 e. The van der Waals surface area contributed by atoms with E-state index < -0.39 is 0 Å². The molecule has 1 aliphatic rings. The van der Waals surface area contributed by atoms with E-state index >= 15 is 0 Å².